The summed E-state index contributed by atoms with van der Waals surface area (Å²) in [6.07, 6.45) is 4.19. The molecule has 206 valence electrons. The van der Waals surface area contributed by atoms with Crippen LogP contribution in [0.4, 0.5) is 10.7 Å². The lowest BCUT2D eigenvalue weighted by atomic mass is 10.0. The van der Waals surface area contributed by atoms with Crippen LogP contribution in [-0.2, 0) is 4.79 Å². The topological polar surface area (TPSA) is 155 Å². The number of carbonyl (C=O) groups is 2. The predicted molar refractivity (Wildman–Crippen MR) is 150 cm³/mol. The highest BCUT2D eigenvalue weighted by atomic mass is 35.5. The molecule has 1 saturated heterocycles. The van der Waals surface area contributed by atoms with Crippen molar-refractivity contribution in [2.45, 2.75) is 26.3 Å². The van der Waals surface area contributed by atoms with E-state index in [1.807, 2.05) is 19.9 Å². The van der Waals surface area contributed by atoms with E-state index in [0.717, 1.165) is 11.3 Å². The molecule has 40 heavy (non-hydrogen) atoms. The Morgan fingerprint density at radius 2 is 1.98 bits per heavy atom. The van der Waals surface area contributed by atoms with Gasteiger partial charge < -0.3 is 20.6 Å². The fourth-order valence-electron chi connectivity index (χ4n) is 4.83. The summed E-state index contributed by atoms with van der Waals surface area (Å²) in [5.74, 6) is 0.0217. The SMILES string of the molecule is CCNc1ncc2cc(-c3ccc(-c4cncc(C)n4)cc3Cl)c(=O)n(C3CCN(C(=O)CNC(=O)O)C3)c2n1. The van der Waals surface area contributed by atoms with Crippen molar-refractivity contribution in [2.24, 2.45) is 0 Å². The van der Waals surface area contributed by atoms with Crippen LogP contribution in [0, 0.1) is 6.92 Å². The number of aromatic nitrogens is 5. The maximum Gasteiger partial charge on any atom is 0.405 e. The number of amides is 2. The van der Waals surface area contributed by atoms with Crippen molar-refractivity contribution in [3.63, 3.8) is 0 Å². The van der Waals surface area contributed by atoms with E-state index in [9.17, 15) is 14.4 Å². The van der Waals surface area contributed by atoms with Gasteiger partial charge in [0.25, 0.3) is 5.56 Å². The van der Waals surface area contributed by atoms with Crippen LogP contribution in [0.15, 0.2) is 47.7 Å². The van der Waals surface area contributed by atoms with E-state index >= 15 is 0 Å². The first kappa shape index (κ1) is 27.0. The standard InChI is InChI=1S/C27H27ClN8O4/c1-3-30-26-31-11-17-8-20(19-5-4-16(9-21(19)28)22-12-29-10-15(2)33-22)25(38)36(24(17)34-26)18-6-7-35(14-18)23(37)13-32-27(39)40/h4-5,8-12,18,32H,3,6-7,13-14H2,1-2H3,(H,39,40)(H,30,31,34). The third kappa shape index (κ3) is 5.43. The van der Waals surface area contributed by atoms with Gasteiger partial charge in [-0.3, -0.25) is 19.1 Å². The van der Waals surface area contributed by atoms with Gasteiger partial charge in [-0.15, -0.1) is 0 Å². The maximum absolute atomic E-state index is 14.1. The number of fused-ring (bicyclic) bond motifs is 1. The van der Waals surface area contributed by atoms with E-state index in [1.54, 1.807) is 46.3 Å². The zero-order chi connectivity index (χ0) is 28.4. The van der Waals surface area contributed by atoms with Crippen LogP contribution < -0.4 is 16.2 Å². The van der Waals surface area contributed by atoms with Crippen molar-refractivity contribution in [3.8, 4) is 22.4 Å². The molecule has 1 fully saturated rings. The Bertz CT molecular complexity index is 1670. The molecule has 4 heterocycles. The zero-order valence-corrected chi connectivity index (χ0v) is 22.6. The molecular formula is C27H27ClN8O4. The summed E-state index contributed by atoms with van der Waals surface area (Å²) >= 11 is 6.73. The van der Waals surface area contributed by atoms with E-state index in [1.165, 1.54) is 0 Å². The maximum atomic E-state index is 14.1. The lowest BCUT2D eigenvalue weighted by Crippen LogP contribution is -2.39. The molecule has 0 bridgehead atoms. The summed E-state index contributed by atoms with van der Waals surface area (Å²) < 4.78 is 1.60. The molecule has 0 aliphatic carbocycles. The van der Waals surface area contributed by atoms with Gasteiger partial charge in [0.1, 0.15) is 12.2 Å². The number of anilines is 1. The number of nitrogens with one attached hydrogen (secondary N) is 2. The molecule has 3 N–H and O–H groups in total. The summed E-state index contributed by atoms with van der Waals surface area (Å²) in [4.78, 5) is 56.7. The molecule has 2 amide bonds. The number of hydrogen-bond acceptors (Lipinski definition) is 8. The van der Waals surface area contributed by atoms with Crippen LogP contribution in [0.2, 0.25) is 5.02 Å². The summed E-state index contributed by atoms with van der Waals surface area (Å²) in [5, 5.41) is 15.0. The highest BCUT2D eigenvalue weighted by molar-refractivity contribution is 6.33. The number of carbonyl (C=O) groups excluding carboxylic acids is 1. The number of halogens is 1. The summed E-state index contributed by atoms with van der Waals surface area (Å²) in [6, 6.07) is 6.73. The Morgan fingerprint density at radius 1 is 1.15 bits per heavy atom. The molecule has 1 aromatic carbocycles. The number of nitrogens with zero attached hydrogens (tertiary/aromatic N) is 6. The number of rotatable bonds is 7. The molecule has 1 atom stereocenters. The number of benzene rings is 1. The van der Waals surface area contributed by atoms with Crippen LogP contribution in [0.3, 0.4) is 0 Å². The Morgan fingerprint density at radius 3 is 2.70 bits per heavy atom. The Balaban J connectivity index is 1.58. The molecule has 13 heteroatoms. The number of aryl methyl sites for hydroxylation is 1. The Hall–Kier alpha value is -4.58. The van der Waals surface area contributed by atoms with Crippen molar-refractivity contribution in [1.29, 1.82) is 0 Å². The number of hydrogen-bond donors (Lipinski definition) is 3. The predicted octanol–water partition coefficient (Wildman–Crippen LogP) is 3.35. The van der Waals surface area contributed by atoms with Crippen molar-refractivity contribution >= 4 is 40.6 Å². The second-order valence-electron chi connectivity index (χ2n) is 9.42. The third-order valence-corrected chi connectivity index (χ3v) is 7.00. The summed E-state index contributed by atoms with van der Waals surface area (Å²) in [5.41, 5.74) is 3.25. The highest BCUT2D eigenvalue weighted by Gasteiger charge is 2.30. The van der Waals surface area contributed by atoms with Gasteiger partial charge in [0.15, 0.2) is 0 Å². The monoisotopic (exact) mass is 562 g/mol. The molecule has 0 spiro atoms. The largest absolute Gasteiger partial charge is 0.465 e. The lowest BCUT2D eigenvalue weighted by Gasteiger charge is -2.20. The summed E-state index contributed by atoms with van der Waals surface area (Å²) in [6.45, 7) is 4.65. The Labute approximate surface area is 234 Å². The normalized spacial score (nSPS) is 14.9. The minimum atomic E-state index is -1.27. The van der Waals surface area contributed by atoms with Gasteiger partial charge in [0.05, 0.1) is 23.6 Å². The fourth-order valence-corrected chi connectivity index (χ4v) is 5.11. The van der Waals surface area contributed by atoms with Gasteiger partial charge in [-0.1, -0.05) is 23.7 Å². The summed E-state index contributed by atoms with van der Waals surface area (Å²) in [7, 11) is 0. The van der Waals surface area contributed by atoms with E-state index < -0.39 is 6.09 Å². The van der Waals surface area contributed by atoms with Gasteiger partial charge in [-0.2, -0.15) is 4.98 Å². The van der Waals surface area contributed by atoms with Crippen LogP contribution in [0.1, 0.15) is 25.1 Å². The average molecular weight is 563 g/mol. The van der Waals surface area contributed by atoms with E-state index in [0.29, 0.717) is 58.3 Å². The van der Waals surface area contributed by atoms with Crippen LogP contribution in [0.25, 0.3) is 33.4 Å². The fraction of sp³-hybridized carbons (Fsp3) is 0.296. The minimum absolute atomic E-state index is 0.234. The van der Waals surface area contributed by atoms with Crippen molar-refractivity contribution in [2.75, 3.05) is 31.5 Å². The lowest BCUT2D eigenvalue weighted by molar-refractivity contribution is -0.129. The number of likely N-dealkylation sites (tertiary alicyclic amines) is 1. The second-order valence-corrected chi connectivity index (χ2v) is 9.82. The van der Waals surface area contributed by atoms with Crippen LogP contribution in [0.5, 0.6) is 0 Å². The molecule has 1 aliphatic rings. The van der Waals surface area contributed by atoms with Gasteiger partial charge in [0.2, 0.25) is 11.9 Å². The van der Waals surface area contributed by atoms with Gasteiger partial charge in [0, 0.05) is 59.1 Å². The first-order chi connectivity index (χ1) is 19.2. The van der Waals surface area contributed by atoms with Crippen molar-refractivity contribution in [3.05, 3.63) is 63.9 Å². The zero-order valence-electron chi connectivity index (χ0n) is 21.9. The van der Waals surface area contributed by atoms with Gasteiger partial charge in [-0.05, 0) is 32.4 Å². The van der Waals surface area contributed by atoms with E-state index in [-0.39, 0.29) is 30.6 Å². The smallest absolute Gasteiger partial charge is 0.405 e. The van der Waals surface area contributed by atoms with Gasteiger partial charge in [-0.25, -0.2) is 14.8 Å². The molecule has 0 saturated carbocycles. The molecule has 1 aliphatic heterocycles. The average Bonchev–Trinajstić information content (AvgIpc) is 3.41. The number of carboxylic acid groups (broad SMARTS) is 1. The molecule has 5 rings (SSSR count). The molecule has 1 unspecified atom stereocenters. The molecular weight excluding hydrogens is 536 g/mol. The quantitative estimate of drug-likeness (QED) is 0.307. The van der Waals surface area contributed by atoms with Gasteiger partial charge >= 0.3 is 6.09 Å². The molecule has 4 aromatic rings. The molecule has 0 radical (unpaired) electrons. The molecule has 12 nitrogen and oxygen atoms in total. The third-order valence-electron chi connectivity index (χ3n) is 6.69. The van der Waals surface area contributed by atoms with E-state index in [4.69, 9.17) is 16.7 Å². The second kappa shape index (κ2) is 11.3. The number of pyridine rings is 1. The highest BCUT2D eigenvalue weighted by Crippen LogP contribution is 2.33. The van der Waals surface area contributed by atoms with Crippen molar-refractivity contribution in [1.82, 2.24) is 34.7 Å². The first-order valence-corrected chi connectivity index (χ1v) is 13.1. The van der Waals surface area contributed by atoms with Crippen molar-refractivity contribution < 1.29 is 14.7 Å². The van der Waals surface area contributed by atoms with Crippen LogP contribution >= 0.6 is 11.6 Å². The first-order valence-electron chi connectivity index (χ1n) is 12.7. The van der Waals surface area contributed by atoms with Crippen LogP contribution in [-0.4, -0.2) is 72.7 Å². The Kier molecular flexibility index (Phi) is 7.60. The van der Waals surface area contributed by atoms with E-state index in [2.05, 4.69) is 30.6 Å². The molecule has 3 aromatic heterocycles. The minimum Gasteiger partial charge on any atom is -0.465 e.